The van der Waals surface area contributed by atoms with E-state index >= 15 is 0 Å². The Morgan fingerprint density at radius 3 is 2.00 bits per heavy atom. The number of Topliss-reactive ketones (excluding diaryl/α,β-unsaturated/α-hetero) is 2. The minimum Gasteiger partial charge on any atom is -0.496 e. The molecular weight excluding hydrogens is 478 g/mol. The zero-order valence-corrected chi connectivity index (χ0v) is 23.2. The molecule has 0 atom stereocenters. The molecule has 3 aliphatic rings. The van der Waals surface area contributed by atoms with Gasteiger partial charge in [-0.3, -0.25) is 14.4 Å². The molecule has 197 valence electrons. The molecule has 38 heavy (non-hydrogen) atoms. The van der Waals surface area contributed by atoms with E-state index in [2.05, 4.69) is 32.7 Å². The van der Waals surface area contributed by atoms with Gasteiger partial charge in [0, 0.05) is 48.0 Å². The molecule has 1 aromatic carbocycles. The van der Waals surface area contributed by atoms with Gasteiger partial charge < -0.3 is 9.47 Å². The summed E-state index contributed by atoms with van der Waals surface area (Å²) in [6.45, 7) is 12.1. The van der Waals surface area contributed by atoms with E-state index in [1.807, 2.05) is 44.4 Å². The molecule has 0 amide bonds. The molecule has 6 nitrogen and oxygen atoms in total. The summed E-state index contributed by atoms with van der Waals surface area (Å²) >= 11 is 0. The SMILES string of the molecule is COc1ccc(-c2ccc(C)c([C]=O)n2)c(C)c1C1C2=C(CC(C)(C)CC2=O)OC2=C1C(=O)CC(C)(C)C2. The first-order valence-electron chi connectivity index (χ1n) is 13.1. The number of methoxy groups -OCH3 is 1. The van der Waals surface area contributed by atoms with E-state index in [0.29, 0.717) is 59.8 Å². The van der Waals surface area contributed by atoms with Gasteiger partial charge in [-0.05, 0) is 54.0 Å². The number of rotatable bonds is 4. The fourth-order valence-corrected chi connectivity index (χ4v) is 6.26. The number of benzene rings is 1. The van der Waals surface area contributed by atoms with E-state index in [9.17, 15) is 14.4 Å². The maximum Gasteiger partial charge on any atom is 0.253 e. The Labute approximate surface area is 224 Å². The van der Waals surface area contributed by atoms with Crippen molar-refractivity contribution in [2.45, 2.75) is 73.1 Å². The lowest BCUT2D eigenvalue weighted by molar-refractivity contribution is -0.120. The largest absolute Gasteiger partial charge is 0.496 e. The van der Waals surface area contributed by atoms with Crippen LogP contribution in [-0.2, 0) is 19.1 Å². The summed E-state index contributed by atoms with van der Waals surface area (Å²) in [5.74, 6) is 1.35. The second-order valence-corrected chi connectivity index (χ2v) is 12.4. The van der Waals surface area contributed by atoms with Crippen LogP contribution in [0.1, 0.15) is 81.7 Å². The number of nitrogens with zero attached hydrogens (tertiary/aromatic N) is 1. The summed E-state index contributed by atoms with van der Waals surface area (Å²) in [6.07, 6.45) is 3.92. The van der Waals surface area contributed by atoms with Crippen molar-refractivity contribution >= 4 is 17.9 Å². The van der Waals surface area contributed by atoms with Crippen molar-refractivity contribution in [2.75, 3.05) is 7.11 Å². The first-order valence-corrected chi connectivity index (χ1v) is 13.1. The highest BCUT2D eigenvalue weighted by molar-refractivity contribution is 6.06. The summed E-state index contributed by atoms with van der Waals surface area (Å²) in [4.78, 5) is 43.6. The molecule has 1 aromatic heterocycles. The van der Waals surface area contributed by atoms with Crippen molar-refractivity contribution in [1.29, 1.82) is 0 Å². The van der Waals surface area contributed by atoms with Gasteiger partial charge in [0.25, 0.3) is 6.29 Å². The Bertz CT molecular complexity index is 1400. The van der Waals surface area contributed by atoms with E-state index in [4.69, 9.17) is 9.47 Å². The van der Waals surface area contributed by atoms with E-state index < -0.39 is 5.92 Å². The number of pyridine rings is 1. The Morgan fingerprint density at radius 2 is 1.47 bits per heavy atom. The molecule has 0 saturated carbocycles. The standard InChI is InChI=1S/C32H34NO5/c1-17-8-10-20(33-21(17)16-34)19-9-11-24(37-7)27(18(19)2)30-28-22(35)12-31(3,4)14-25(28)38-26-15-32(5,6)13-23(36)29(26)30/h8-11,30H,12-15H2,1-7H3. The van der Waals surface area contributed by atoms with Gasteiger partial charge in [0.1, 0.15) is 23.0 Å². The van der Waals surface area contributed by atoms with Crippen LogP contribution < -0.4 is 4.74 Å². The third kappa shape index (κ3) is 4.30. The van der Waals surface area contributed by atoms with Gasteiger partial charge in [-0.1, -0.05) is 33.8 Å². The predicted octanol–water partition coefficient (Wildman–Crippen LogP) is 6.23. The van der Waals surface area contributed by atoms with E-state index in [1.165, 1.54) is 0 Å². The Balaban J connectivity index is 1.79. The van der Waals surface area contributed by atoms with Crippen molar-refractivity contribution in [3.8, 4) is 17.0 Å². The van der Waals surface area contributed by atoms with Crippen LogP contribution in [0.4, 0.5) is 0 Å². The lowest BCUT2D eigenvalue weighted by atomic mass is 9.65. The third-order valence-corrected chi connectivity index (χ3v) is 8.03. The highest BCUT2D eigenvalue weighted by atomic mass is 16.5. The Kier molecular flexibility index (Phi) is 6.20. The summed E-state index contributed by atoms with van der Waals surface area (Å²) in [5, 5.41) is 0. The quantitative estimate of drug-likeness (QED) is 0.483. The van der Waals surface area contributed by atoms with Crippen LogP contribution in [0.5, 0.6) is 5.75 Å². The molecule has 2 aliphatic carbocycles. The molecule has 0 bridgehead atoms. The van der Waals surface area contributed by atoms with E-state index in [0.717, 1.165) is 22.3 Å². The number of aromatic nitrogens is 1. The van der Waals surface area contributed by atoms with Gasteiger partial charge in [-0.2, -0.15) is 0 Å². The number of allylic oxidation sites excluding steroid dienone is 4. The maximum absolute atomic E-state index is 13.8. The number of aryl methyl sites for hydroxylation is 1. The maximum atomic E-state index is 13.8. The van der Waals surface area contributed by atoms with Crippen LogP contribution in [0.15, 0.2) is 46.9 Å². The molecule has 1 aliphatic heterocycles. The molecule has 0 saturated heterocycles. The van der Waals surface area contributed by atoms with Crippen molar-refractivity contribution in [2.24, 2.45) is 10.8 Å². The third-order valence-electron chi connectivity index (χ3n) is 8.03. The van der Waals surface area contributed by atoms with Crippen LogP contribution in [0.2, 0.25) is 0 Å². The van der Waals surface area contributed by atoms with Crippen molar-refractivity contribution in [3.05, 3.63) is 69.3 Å². The number of ketones is 2. The fourth-order valence-electron chi connectivity index (χ4n) is 6.26. The first kappa shape index (κ1) is 26.1. The average molecular weight is 513 g/mol. The normalized spacial score (nSPS) is 20.6. The molecule has 2 heterocycles. The zero-order valence-electron chi connectivity index (χ0n) is 23.2. The van der Waals surface area contributed by atoms with Crippen LogP contribution in [0.3, 0.4) is 0 Å². The highest BCUT2D eigenvalue weighted by Gasteiger charge is 2.49. The lowest BCUT2D eigenvalue weighted by Gasteiger charge is -2.43. The van der Waals surface area contributed by atoms with Gasteiger partial charge in [0.05, 0.1) is 18.7 Å². The van der Waals surface area contributed by atoms with Crippen molar-refractivity contribution < 1.29 is 23.9 Å². The molecule has 0 spiro atoms. The first-order chi connectivity index (χ1) is 17.9. The van der Waals surface area contributed by atoms with Gasteiger partial charge in [0.2, 0.25) is 0 Å². The fraction of sp³-hybridized carbons (Fsp3) is 0.438. The van der Waals surface area contributed by atoms with Gasteiger partial charge >= 0.3 is 0 Å². The molecule has 5 rings (SSSR count). The molecule has 0 fully saturated rings. The molecule has 0 unspecified atom stereocenters. The predicted molar refractivity (Wildman–Crippen MR) is 144 cm³/mol. The Hall–Kier alpha value is -3.54. The number of ether oxygens (including phenoxy) is 2. The van der Waals surface area contributed by atoms with Crippen molar-refractivity contribution in [3.63, 3.8) is 0 Å². The second kappa shape index (κ2) is 9.04. The Morgan fingerprint density at radius 1 is 0.895 bits per heavy atom. The van der Waals surface area contributed by atoms with E-state index in [-0.39, 0.29) is 28.1 Å². The average Bonchev–Trinajstić information content (AvgIpc) is 2.81. The molecular formula is C32H34NO5. The number of hydrogen-bond donors (Lipinski definition) is 0. The van der Waals surface area contributed by atoms with Crippen LogP contribution in [0.25, 0.3) is 11.3 Å². The van der Waals surface area contributed by atoms with E-state index in [1.54, 1.807) is 7.11 Å². The van der Waals surface area contributed by atoms with Crippen LogP contribution in [-0.4, -0.2) is 29.9 Å². The number of carbonyl (C=O) groups is 2. The smallest absolute Gasteiger partial charge is 0.253 e. The van der Waals surface area contributed by atoms with Crippen LogP contribution in [0, 0.1) is 24.7 Å². The minimum atomic E-state index is -0.585. The molecule has 1 radical (unpaired) electrons. The van der Waals surface area contributed by atoms with Gasteiger partial charge in [-0.15, -0.1) is 0 Å². The summed E-state index contributed by atoms with van der Waals surface area (Å²) in [6, 6.07) is 7.48. The highest BCUT2D eigenvalue weighted by Crippen LogP contribution is 2.55. The van der Waals surface area contributed by atoms with Gasteiger partial charge in [0.15, 0.2) is 11.6 Å². The second-order valence-electron chi connectivity index (χ2n) is 12.4. The molecule has 6 heteroatoms. The molecule has 0 N–H and O–H groups in total. The minimum absolute atomic E-state index is 0.00333. The summed E-state index contributed by atoms with van der Waals surface area (Å²) < 4.78 is 12.3. The molecule has 2 aromatic rings. The summed E-state index contributed by atoms with van der Waals surface area (Å²) in [7, 11) is 1.60. The number of hydrogen-bond acceptors (Lipinski definition) is 6. The number of carbonyl (C=O) groups excluding carboxylic acids is 3. The van der Waals surface area contributed by atoms with Gasteiger partial charge in [-0.25, -0.2) is 4.98 Å². The summed E-state index contributed by atoms with van der Waals surface area (Å²) in [5.41, 5.74) is 4.71. The van der Waals surface area contributed by atoms with Crippen molar-refractivity contribution in [1.82, 2.24) is 4.98 Å². The topological polar surface area (TPSA) is 82.6 Å². The zero-order chi connectivity index (χ0) is 27.6. The monoisotopic (exact) mass is 512 g/mol. The van der Waals surface area contributed by atoms with Crippen LogP contribution >= 0.6 is 0 Å². The lowest BCUT2D eigenvalue weighted by Crippen LogP contribution is -2.38.